The Hall–Kier alpha value is -3.06. The Balaban J connectivity index is 1.66. The third-order valence-corrected chi connectivity index (χ3v) is 5.95. The Morgan fingerprint density at radius 1 is 1.10 bits per heavy atom. The number of pyridine rings is 1. The molecule has 6 nitrogen and oxygen atoms in total. The summed E-state index contributed by atoms with van der Waals surface area (Å²) in [5.41, 5.74) is 4.80. The first-order valence-corrected chi connectivity index (χ1v) is 10.2. The van der Waals surface area contributed by atoms with Crippen LogP contribution in [0.4, 0.5) is 5.69 Å². The molecular formula is C22H22N4O2S. The van der Waals surface area contributed by atoms with E-state index in [9.17, 15) is 4.79 Å². The lowest BCUT2D eigenvalue weighted by Gasteiger charge is -2.14. The second kappa shape index (κ2) is 7.75. The second-order valence-electron chi connectivity index (χ2n) is 6.92. The lowest BCUT2D eigenvalue weighted by Crippen LogP contribution is -2.23. The van der Waals surface area contributed by atoms with Gasteiger partial charge in [0.25, 0.3) is 0 Å². The number of benzene rings is 2. The molecule has 1 amide bonds. The van der Waals surface area contributed by atoms with Crippen LogP contribution in [0.25, 0.3) is 16.6 Å². The van der Waals surface area contributed by atoms with Gasteiger partial charge < -0.3 is 10.1 Å². The average molecular weight is 407 g/mol. The molecule has 4 rings (SSSR count). The first-order valence-electron chi connectivity index (χ1n) is 9.34. The summed E-state index contributed by atoms with van der Waals surface area (Å²) in [5.74, 6) is 0.507. The monoisotopic (exact) mass is 406 g/mol. The number of carbonyl (C=O) groups excluding carboxylic acids is 1. The Labute approximate surface area is 173 Å². The first kappa shape index (κ1) is 19.3. The molecule has 2 aromatic carbocycles. The number of nitrogens with zero attached hydrogens (tertiary/aromatic N) is 3. The van der Waals surface area contributed by atoms with E-state index >= 15 is 0 Å². The van der Waals surface area contributed by atoms with Gasteiger partial charge >= 0.3 is 0 Å². The van der Waals surface area contributed by atoms with Gasteiger partial charge in [0.15, 0.2) is 10.8 Å². The zero-order chi connectivity index (χ0) is 20.5. The van der Waals surface area contributed by atoms with Gasteiger partial charge in [-0.15, -0.1) is 10.2 Å². The van der Waals surface area contributed by atoms with Gasteiger partial charge in [-0.05, 0) is 50.1 Å². The molecule has 0 aliphatic heterocycles. The predicted molar refractivity (Wildman–Crippen MR) is 117 cm³/mol. The van der Waals surface area contributed by atoms with E-state index in [1.807, 2.05) is 41.7 Å². The van der Waals surface area contributed by atoms with Gasteiger partial charge in [-0.1, -0.05) is 42.1 Å². The lowest BCUT2D eigenvalue weighted by atomic mass is 10.1. The van der Waals surface area contributed by atoms with E-state index in [1.165, 1.54) is 11.8 Å². The van der Waals surface area contributed by atoms with Crippen LogP contribution in [0.5, 0.6) is 5.75 Å². The number of carbonyl (C=O) groups is 1. The largest absolute Gasteiger partial charge is 0.495 e. The van der Waals surface area contributed by atoms with Crippen molar-refractivity contribution in [2.45, 2.75) is 31.2 Å². The van der Waals surface area contributed by atoms with Crippen molar-refractivity contribution in [2.24, 2.45) is 0 Å². The number of aryl methyl sites for hydroxylation is 2. The second-order valence-corrected chi connectivity index (χ2v) is 8.23. The molecule has 0 bridgehead atoms. The van der Waals surface area contributed by atoms with E-state index in [1.54, 1.807) is 7.11 Å². The number of nitrogens with one attached hydrogen (secondary N) is 1. The molecule has 0 radical (unpaired) electrons. The minimum absolute atomic E-state index is 0.121. The molecule has 0 aliphatic carbocycles. The molecule has 1 atom stereocenters. The quantitative estimate of drug-likeness (QED) is 0.490. The van der Waals surface area contributed by atoms with Crippen molar-refractivity contribution in [1.29, 1.82) is 0 Å². The van der Waals surface area contributed by atoms with E-state index < -0.39 is 0 Å². The highest BCUT2D eigenvalue weighted by Gasteiger charge is 2.21. The molecule has 0 saturated carbocycles. The molecule has 1 N–H and O–H groups in total. The number of para-hydroxylation sites is 3. The minimum Gasteiger partial charge on any atom is -0.495 e. The Morgan fingerprint density at radius 2 is 1.90 bits per heavy atom. The van der Waals surface area contributed by atoms with Crippen LogP contribution in [-0.4, -0.2) is 32.9 Å². The first-order chi connectivity index (χ1) is 14.0. The van der Waals surface area contributed by atoms with Crippen molar-refractivity contribution in [3.05, 3.63) is 59.7 Å². The van der Waals surface area contributed by atoms with Gasteiger partial charge in [-0.25, -0.2) is 0 Å². The minimum atomic E-state index is -0.368. The van der Waals surface area contributed by atoms with Gasteiger partial charge in [-0.3, -0.25) is 9.20 Å². The summed E-state index contributed by atoms with van der Waals surface area (Å²) in [6.07, 6.45) is 0. The summed E-state index contributed by atoms with van der Waals surface area (Å²) in [5, 5.41) is 13.1. The van der Waals surface area contributed by atoms with E-state index in [0.29, 0.717) is 16.6 Å². The summed E-state index contributed by atoms with van der Waals surface area (Å²) in [4.78, 5) is 12.8. The Bertz CT molecular complexity index is 1220. The average Bonchev–Trinajstić information content (AvgIpc) is 3.10. The van der Waals surface area contributed by atoms with Crippen LogP contribution < -0.4 is 10.1 Å². The van der Waals surface area contributed by atoms with E-state index in [-0.39, 0.29) is 11.2 Å². The number of aromatic nitrogens is 3. The third kappa shape index (κ3) is 3.53. The van der Waals surface area contributed by atoms with Crippen LogP contribution in [-0.2, 0) is 4.79 Å². The molecule has 2 aromatic heterocycles. The Kier molecular flexibility index (Phi) is 5.15. The van der Waals surface area contributed by atoms with Crippen LogP contribution in [0.3, 0.4) is 0 Å². The molecule has 0 aliphatic rings. The molecule has 0 spiro atoms. The highest BCUT2D eigenvalue weighted by molar-refractivity contribution is 8.00. The van der Waals surface area contributed by atoms with Gasteiger partial charge in [0, 0.05) is 5.39 Å². The number of hydrogen-bond acceptors (Lipinski definition) is 5. The maximum absolute atomic E-state index is 12.8. The fraction of sp³-hybridized carbons (Fsp3) is 0.227. The van der Waals surface area contributed by atoms with E-state index in [4.69, 9.17) is 4.74 Å². The molecule has 2 heterocycles. The van der Waals surface area contributed by atoms with E-state index in [2.05, 4.69) is 47.6 Å². The van der Waals surface area contributed by atoms with Crippen molar-refractivity contribution in [3.63, 3.8) is 0 Å². The number of amides is 1. The summed E-state index contributed by atoms with van der Waals surface area (Å²) in [7, 11) is 1.58. The van der Waals surface area contributed by atoms with Crippen LogP contribution in [0.1, 0.15) is 18.1 Å². The van der Waals surface area contributed by atoms with Crippen molar-refractivity contribution in [1.82, 2.24) is 14.6 Å². The number of hydrogen-bond donors (Lipinski definition) is 1. The summed E-state index contributed by atoms with van der Waals surface area (Å²) in [6, 6.07) is 15.6. The number of ether oxygens (including phenoxy) is 1. The Morgan fingerprint density at radius 3 is 2.69 bits per heavy atom. The molecule has 29 heavy (non-hydrogen) atoms. The fourth-order valence-corrected chi connectivity index (χ4v) is 4.26. The van der Waals surface area contributed by atoms with Gasteiger partial charge in [0.05, 0.1) is 23.6 Å². The normalized spacial score (nSPS) is 12.3. The third-order valence-electron chi connectivity index (χ3n) is 4.91. The van der Waals surface area contributed by atoms with Crippen molar-refractivity contribution >= 4 is 39.9 Å². The molecular weight excluding hydrogens is 384 g/mol. The molecule has 7 heteroatoms. The number of rotatable bonds is 5. The highest BCUT2D eigenvalue weighted by atomic mass is 32.2. The van der Waals surface area contributed by atoms with Gasteiger partial charge in [-0.2, -0.15) is 0 Å². The van der Waals surface area contributed by atoms with Gasteiger partial charge in [0.2, 0.25) is 5.91 Å². The molecule has 0 unspecified atom stereocenters. The molecule has 0 fully saturated rings. The zero-order valence-corrected chi connectivity index (χ0v) is 17.6. The van der Waals surface area contributed by atoms with Crippen molar-refractivity contribution in [2.75, 3.05) is 12.4 Å². The summed E-state index contributed by atoms with van der Waals surface area (Å²) < 4.78 is 7.35. The van der Waals surface area contributed by atoms with Gasteiger partial charge in [0.1, 0.15) is 5.75 Å². The number of anilines is 1. The van der Waals surface area contributed by atoms with Crippen LogP contribution in [0, 0.1) is 13.8 Å². The molecule has 148 valence electrons. The topological polar surface area (TPSA) is 68.5 Å². The SMILES string of the molecule is COc1ccccc1NC(=O)[C@H](C)Sc1nnc2cc(C)c3cccc(C)c3n12. The van der Waals surface area contributed by atoms with Crippen LogP contribution in [0.2, 0.25) is 0 Å². The zero-order valence-electron chi connectivity index (χ0n) is 16.8. The number of methoxy groups -OCH3 is 1. The number of fused-ring (bicyclic) bond motifs is 3. The summed E-state index contributed by atoms with van der Waals surface area (Å²) in [6.45, 7) is 6.01. The number of thioether (sulfide) groups is 1. The molecule has 0 saturated heterocycles. The molecule has 4 aromatic rings. The smallest absolute Gasteiger partial charge is 0.237 e. The predicted octanol–water partition coefficient (Wildman–Crippen LogP) is 4.63. The standard InChI is InChI=1S/C22H22N4O2S/c1-13-8-7-9-16-14(2)12-19-24-25-22(26(19)20(13)16)29-15(3)21(27)23-17-10-5-6-11-18(17)28-4/h5-12,15H,1-4H3,(H,23,27)/t15-/m0/s1. The van der Waals surface area contributed by atoms with Crippen molar-refractivity contribution < 1.29 is 9.53 Å². The van der Waals surface area contributed by atoms with Crippen LogP contribution in [0.15, 0.2) is 53.7 Å². The maximum atomic E-state index is 12.8. The van der Waals surface area contributed by atoms with Crippen molar-refractivity contribution in [3.8, 4) is 5.75 Å². The summed E-state index contributed by atoms with van der Waals surface area (Å²) >= 11 is 1.39. The highest BCUT2D eigenvalue weighted by Crippen LogP contribution is 2.30. The maximum Gasteiger partial charge on any atom is 0.237 e. The van der Waals surface area contributed by atoms with E-state index in [0.717, 1.165) is 27.7 Å². The van der Waals surface area contributed by atoms with Crippen LogP contribution >= 0.6 is 11.8 Å². The fourth-order valence-electron chi connectivity index (χ4n) is 3.40. The lowest BCUT2D eigenvalue weighted by molar-refractivity contribution is -0.115.